The van der Waals surface area contributed by atoms with E-state index in [4.69, 9.17) is 14.2 Å². The van der Waals surface area contributed by atoms with Crippen molar-refractivity contribution in [3.05, 3.63) is 0 Å². The van der Waals surface area contributed by atoms with Crippen molar-refractivity contribution in [1.82, 2.24) is 0 Å². The third kappa shape index (κ3) is 4.07. The Labute approximate surface area is 108 Å². The molecule has 1 rings (SSSR count). The van der Waals surface area contributed by atoms with Gasteiger partial charge in [0.05, 0.1) is 18.1 Å². The summed E-state index contributed by atoms with van der Waals surface area (Å²) >= 11 is 0. The average Bonchev–Trinajstić information content (AvgIpc) is 2.51. The number of carbonyl (C=O) groups is 2. The van der Waals surface area contributed by atoms with E-state index in [9.17, 15) is 9.59 Å². The number of esters is 1. The second kappa shape index (κ2) is 5.36. The molecule has 0 bridgehead atoms. The molecule has 1 aliphatic rings. The molecular weight excluding hydrogens is 236 g/mol. The molecule has 1 fully saturated rings. The summed E-state index contributed by atoms with van der Waals surface area (Å²) in [5, 5.41) is 0. The van der Waals surface area contributed by atoms with Crippen LogP contribution in [0.4, 0.5) is 0 Å². The summed E-state index contributed by atoms with van der Waals surface area (Å²) in [6.07, 6.45) is 0.234. The predicted octanol–water partition coefficient (Wildman–Crippen LogP) is 1.68. The van der Waals surface area contributed by atoms with E-state index in [1.807, 2.05) is 0 Å². The first-order chi connectivity index (χ1) is 8.15. The number of carbonyl (C=O) groups excluding carboxylic acids is 2. The molecule has 0 saturated carbocycles. The van der Waals surface area contributed by atoms with Gasteiger partial charge in [0.25, 0.3) is 0 Å². The van der Waals surface area contributed by atoms with Gasteiger partial charge in [0.2, 0.25) is 0 Å². The highest BCUT2D eigenvalue weighted by Gasteiger charge is 2.41. The Kier molecular flexibility index (Phi) is 4.50. The smallest absolute Gasteiger partial charge is 0.311 e. The van der Waals surface area contributed by atoms with E-state index in [1.54, 1.807) is 34.6 Å². The van der Waals surface area contributed by atoms with Gasteiger partial charge in [-0.15, -0.1) is 0 Å². The minimum atomic E-state index is -0.760. The van der Waals surface area contributed by atoms with Crippen LogP contribution in [0.15, 0.2) is 0 Å². The van der Waals surface area contributed by atoms with Crippen LogP contribution in [0.2, 0.25) is 0 Å². The molecule has 0 aromatic carbocycles. The largest absolute Gasteiger partial charge is 0.465 e. The fourth-order valence-corrected chi connectivity index (χ4v) is 1.69. The number of hydrogen-bond acceptors (Lipinski definition) is 5. The van der Waals surface area contributed by atoms with Crippen LogP contribution in [0.1, 0.15) is 41.0 Å². The summed E-state index contributed by atoms with van der Waals surface area (Å²) in [7, 11) is 0. The third-order valence-corrected chi connectivity index (χ3v) is 2.60. The summed E-state index contributed by atoms with van der Waals surface area (Å²) < 4.78 is 16.1. The summed E-state index contributed by atoms with van der Waals surface area (Å²) in [4.78, 5) is 22.4. The molecule has 0 aromatic heterocycles. The van der Waals surface area contributed by atoms with Crippen molar-refractivity contribution in [3.63, 3.8) is 0 Å². The lowest BCUT2D eigenvalue weighted by molar-refractivity contribution is -0.156. The van der Waals surface area contributed by atoms with E-state index < -0.39 is 17.3 Å². The summed E-state index contributed by atoms with van der Waals surface area (Å²) in [5.41, 5.74) is -0.517. The standard InChI is InChI=1S/C13H22O5/c1-12(2,3)11(15)16-7-6-9-10(8-14)18-13(4,5)17-9/h8-10H,6-7H2,1-5H3/t9-,10+/m0/s1. The Balaban J connectivity index is 2.40. The maximum Gasteiger partial charge on any atom is 0.311 e. The fourth-order valence-electron chi connectivity index (χ4n) is 1.69. The quantitative estimate of drug-likeness (QED) is 0.567. The van der Waals surface area contributed by atoms with Crippen LogP contribution in [0.3, 0.4) is 0 Å². The Morgan fingerprint density at radius 3 is 2.44 bits per heavy atom. The van der Waals surface area contributed by atoms with Gasteiger partial charge in [0, 0.05) is 6.42 Å². The Morgan fingerprint density at radius 2 is 1.94 bits per heavy atom. The van der Waals surface area contributed by atoms with E-state index >= 15 is 0 Å². The molecule has 0 N–H and O–H groups in total. The van der Waals surface area contributed by atoms with Crippen molar-refractivity contribution >= 4 is 12.3 Å². The molecule has 0 spiro atoms. The van der Waals surface area contributed by atoms with Crippen LogP contribution >= 0.6 is 0 Å². The summed E-state index contributed by atoms with van der Waals surface area (Å²) in [6.45, 7) is 9.12. The van der Waals surface area contributed by atoms with Crippen molar-refractivity contribution < 1.29 is 23.8 Å². The van der Waals surface area contributed by atoms with Gasteiger partial charge in [-0.25, -0.2) is 0 Å². The molecule has 0 aromatic rings. The molecule has 2 atom stereocenters. The molecular formula is C13H22O5. The molecule has 0 aliphatic carbocycles. The minimum absolute atomic E-state index is 0.227. The number of rotatable bonds is 4. The van der Waals surface area contributed by atoms with E-state index in [0.29, 0.717) is 6.42 Å². The fraction of sp³-hybridized carbons (Fsp3) is 0.846. The van der Waals surface area contributed by atoms with Crippen LogP contribution in [-0.4, -0.2) is 36.9 Å². The second-order valence-corrected chi connectivity index (χ2v) is 5.95. The predicted molar refractivity (Wildman–Crippen MR) is 64.9 cm³/mol. The molecule has 0 radical (unpaired) electrons. The van der Waals surface area contributed by atoms with Gasteiger partial charge in [-0.3, -0.25) is 4.79 Å². The molecule has 104 valence electrons. The molecule has 5 nitrogen and oxygen atoms in total. The molecule has 1 saturated heterocycles. The lowest BCUT2D eigenvalue weighted by atomic mass is 9.97. The maximum atomic E-state index is 11.6. The van der Waals surface area contributed by atoms with E-state index in [0.717, 1.165) is 6.29 Å². The number of ether oxygens (including phenoxy) is 3. The highest BCUT2D eigenvalue weighted by Crippen LogP contribution is 2.29. The zero-order chi connectivity index (χ0) is 14.0. The van der Waals surface area contributed by atoms with Gasteiger partial charge >= 0.3 is 5.97 Å². The van der Waals surface area contributed by atoms with Crippen molar-refractivity contribution in [2.24, 2.45) is 5.41 Å². The normalized spacial score (nSPS) is 26.9. The number of aldehydes is 1. The average molecular weight is 258 g/mol. The van der Waals surface area contributed by atoms with Crippen LogP contribution in [0.25, 0.3) is 0 Å². The van der Waals surface area contributed by atoms with Crippen LogP contribution < -0.4 is 0 Å². The SMILES string of the molecule is CC1(C)O[C@@H](CCOC(=O)C(C)(C)C)[C@@H](C=O)O1. The van der Waals surface area contributed by atoms with Crippen LogP contribution in [0, 0.1) is 5.41 Å². The van der Waals surface area contributed by atoms with E-state index in [1.165, 1.54) is 0 Å². The van der Waals surface area contributed by atoms with Crippen molar-refractivity contribution in [2.75, 3.05) is 6.61 Å². The molecule has 1 heterocycles. The third-order valence-electron chi connectivity index (χ3n) is 2.60. The Hall–Kier alpha value is -0.940. The lowest BCUT2D eigenvalue weighted by Gasteiger charge is -2.19. The van der Waals surface area contributed by atoms with Crippen molar-refractivity contribution in [1.29, 1.82) is 0 Å². The first kappa shape index (κ1) is 15.1. The highest BCUT2D eigenvalue weighted by atomic mass is 16.8. The molecule has 1 aliphatic heterocycles. The minimum Gasteiger partial charge on any atom is -0.465 e. The topological polar surface area (TPSA) is 61.8 Å². The summed E-state index contributed by atoms with van der Waals surface area (Å²) in [6, 6.07) is 0. The van der Waals surface area contributed by atoms with E-state index in [2.05, 4.69) is 0 Å². The molecule has 0 unspecified atom stereocenters. The monoisotopic (exact) mass is 258 g/mol. The molecule has 18 heavy (non-hydrogen) atoms. The summed E-state index contributed by atoms with van der Waals surface area (Å²) in [5.74, 6) is -1.02. The first-order valence-electron chi connectivity index (χ1n) is 6.14. The molecule has 0 amide bonds. The van der Waals surface area contributed by atoms with Gasteiger partial charge in [-0.1, -0.05) is 0 Å². The molecule has 5 heteroatoms. The zero-order valence-electron chi connectivity index (χ0n) is 11.7. The zero-order valence-corrected chi connectivity index (χ0v) is 11.7. The Morgan fingerprint density at radius 1 is 1.33 bits per heavy atom. The van der Waals surface area contributed by atoms with Gasteiger partial charge in [-0.2, -0.15) is 0 Å². The lowest BCUT2D eigenvalue weighted by Crippen LogP contribution is -2.28. The highest BCUT2D eigenvalue weighted by molar-refractivity contribution is 5.75. The van der Waals surface area contributed by atoms with Gasteiger partial charge < -0.3 is 19.0 Å². The van der Waals surface area contributed by atoms with Gasteiger partial charge in [0.1, 0.15) is 6.10 Å². The second-order valence-electron chi connectivity index (χ2n) is 5.95. The van der Waals surface area contributed by atoms with Crippen molar-refractivity contribution in [3.8, 4) is 0 Å². The van der Waals surface area contributed by atoms with Gasteiger partial charge in [0.15, 0.2) is 12.1 Å². The number of hydrogen-bond donors (Lipinski definition) is 0. The maximum absolute atomic E-state index is 11.6. The van der Waals surface area contributed by atoms with Crippen molar-refractivity contribution in [2.45, 2.75) is 59.0 Å². The Bertz CT molecular complexity index is 316. The van der Waals surface area contributed by atoms with E-state index in [-0.39, 0.29) is 18.7 Å². The first-order valence-corrected chi connectivity index (χ1v) is 6.14. The van der Waals surface area contributed by atoms with Crippen LogP contribution in [-0.2, 0) is 23.8 Å². The van der Waals surface area contributed by atoms with Crippen LogP contribution in [0.5, 0.6) is 0 Å². The van der Waals surface area contributed by atoms with Gasteiger partial charge in [-0.05, 0) is 34.6 Å².